The van der Waals surface area contributed by atoms with Crippen molar-refractivity contribution in [2.24, 2.45) is 0 Å². The van der Waals surface area contributed by atoms with Crippen molar-refractivity contribution in [3.8, 4) is 5.75 Å². The van der Waals surface area contributed by atoms with Gasteiger partial charge in [-0.25, -0.2) is 8.99 Å². The summed E-state index contributed by atoms with van der Waals surface area (Å²) < 4.78 is 101. The molecule has 1 aromatic carbocycles. The molecule has 1 heterocycles. The summed E-state index contributed by atoms with van der Waals surface area (Å²) >= 11 is 3.13. The van der Waals surface area contributed by atoms with Gasteiger partial charge in [-0.3, -0.25) is 4.57 Å². The second-order valence-corrected chi connectivity index (χ2v) is 11.7. The molecule has 0 spiro atoms. The van der Waals surface area contributed by atoms with E-state index in [1.807, 2.05) is 0 Å². The average molecular weight is 546 g/mol. The maximum Gasteiger partial charge on any atom is 0.400 e. The van der Waals surface area contributed by atoms with Gasteiger partial charge < -0.3 is 14.5 Å². The Labute approximate surface area is 174 Å². The number of thiophene rings is 1. The largest absolute Gasteiger partial charge is 0.492 e. The van der Waals surface area contributed by atoms with Crippen LogP contribution in [0.25, 0.3) is 10.1 Å². The first-order chi connectivity index (χ1) is 12.9. The monoisotopic (exact) mass is 545 g/mol. The van der Waals surface area contributed by atoms with E-state index in [2.05, 4.69) is 15.9 Å². The van der Waals surface area contributed by atoms with Gasteiger partial charge in [0.2, 0.25) is 0 Å². The molecule has 0 amide bonds. The van der Waals surface area contributed by atoms with E-state index in [1.165, 1.54) is 0 Å². The molecule has 0 aliphatic rings. The fraction of sp³-hybridized carbons (Fsp3) is 0.429. The molecule has 3 N–H and O–H groups in total. The standard InChI is InChI=1S/C14H14BrF5NO5PS2/c1-29(21,25)7-5-8-10(15)12(14(19,20)27(22,23)24)28-11(8)9(6-7)26-4-2-3-13(16,17)18/h5-6,21H,2-4H2,1H3,(H2,22,23,24). The molecule has 0 fully saturated rings. The van der Waals surface area contributed by atoms with Crippen molar-refractivity contribution in [1.29, 1.82) is 4.78 Å². The summed E-state index contributed by atoms with van der Waals surface area (Å²) in [6.45, 7) is -0.444. The number of hydrogen-bond acceptors (Lipinski definition) is 5. The van der Waals surface area contributed by atoms with Crippen molar-refractivity contribution in [3.05, 3.63) is 21.5 Å². The zero-order valence-corrected chi connectivity index (χ0v) is 18.5. The van der Waals surface area contributed by atoms with Gasteiger partial charge in [0, 0.05) is 22.5 Å². The number of nitrogens with one attached hydrogen (secondary N) is 1. The van der Waals surface area contributed by atoms with E-state index in [0.717, 1.165) is 18.4 Å². The molecule has 6 nitrogen and oxygen atoms in total. The Hall–Kier alpha value is -0.790. The summed E-state index contributed by atoms with van der Waals surface area (Å²) in [6.07, 6.45) is -4.94. The highest BCUT2D eigenvalue weighted by Crippen LogP contribution is 2.63. The van der Waals surface area contributed by atoms with Gasteiger partial charge in [-0.1, -0.05) is 0 Å². The van der Waals surface area contributed by atoms with Crippen molar-refractivity contribution in [2.45, 2.75) is 29.6 Å². The van der Waals surface area contributed by atoms with E-state index >= 15 is 0 Å². The van der Waals surface area contributed by atoms with Crippen LogP contribution >= 0.6 is 34.9 Å². The lowest BCUT2D eigenvalue weighted by molar-refractivity contribution is -0.136. The topological polar surface area (TPSA) is 108 Å². The molecule has 0 aliphatic carbocycles. The highest BCUT2D eigenvalue weighted by Gasteiger charge is 2.53. The summed E-state index contributed by atoms with van der Waals surface area (Å²) in [5.41, 5.74) is -4.54. The van der Waals surface area contributed by atoms with Crippen molar-refractivity contribution in [3.63, 3.8) is 0 Å². The van der Waals surface area contributed by atoms with Crippen LogP contribution in [0.2, 0.25) is 0 Å². The van der Waals surface area contributed by atoms with Gasteiger partial charge in [0.15, 0.2) is 0 Å². The Bertz CT molecular complexity index is 1080. The number of halogens is 6. The molecule has 29 heavy (non-hydrogen) atoms. The highest BCUT2D eigenvalue weighted by atomic mass is 79.9. The van der Waals surface area contributed by atoms with Crippen LogP contribution in [0, 0.1) is 4.78 Å². The van der Waals surface area contributed by atoms with E-state index in [4.69, 9.17) is 19.3 Å². The van der Waals surface area contributed by atoms with Crippen LogP contribution in [-0.2, 0) is 20.0 Å². The second-order valence-electron chi connectivity index (χ2n) is 6.04. The molecule has 0 saturated carbocycles. The number of alkyl halides is 5. The van der Waals surface area contributed by atoms with Crippen molar-refractivity contribution in [1.82, 2.24) is 0 Å². The Morgan fingerprint density at radius 3 is 2.34 bits per heavy atom. The van der Waals surface area contributed by atoms with Crippen LogP contribution in [-0.4, -0.2) is 33.0 Å². The average Bonchev–Trinajstić information content (AvgIpc) is 2.86. The molecule has 15 heteroatoms. The van der Waals surface area contributed by atoms with E-state index in [-0.39, 0.29) is 32.1 Å². The Morgan fingerprint density at radius 2 is 1.86 bits per heavy atom. The smallest absolute Gasteiger partial charge is 0.400 e. The summed E-state index contributed by atoms with van der Waals surface area (Å²) in [6, 6.07) is 2.22. The zero-order chi connectivity index (χ0) is 22.4. The molecular formula is C14H14BrF5NO5PS2. The second kappa shape index (κ2) is 8.04. The van der Waals surface area contributed by atoms with Gasteiger partial charge >= 0.3 is 19.4 Å². The number of hydrogen-bond donors (Lipinski definition) is 3. The predicted molar refractivity (Wildman–Crippen MR) is 101 cm³/mol. The van der Waals surface area contributed by atoms with Crippen molar-refractivity contribution < 1.29 is 45.2 Å². The van der Waals surface area contributed by atoms with Crippen LogP contribution in [0.3, 0.4) is 0 Å². The maximum absolute atomic E-state index is 14.2. The molecule has 0 aliphatic heterocycles. The van der Waals surface area contributed by atoms with Gasteiger partial charge in [-0.15, -0.1) is 11.3 Å². The van der Waals surface area contributed by atoms with Crippen LogP contribution < -0.4 is 4.74 Å². The molecule has 164 valence electrons. The third kappa shape index (κ3) is 5.47. The fourth-order valence-electron chi connectivity index (χ4n) is 2.23. The lowest BCUT2D eigenvalue weighted by Crippen LogP contribution is -2.12. The number of rotatable bonds is 7. The zero-order valence-electron chi connectivity index (χ0n) is 14.4. The van der Waals surface area contributed by atoms with Crippen LogP contribution in [0.15, 0.2) is 21.5 Å². The molecular weight excluding hydrogens is 532 g/mol. The minimum absolute atomic E-state index is 0.0422. The third-order valence-electron chi connectivity index (χ3n) is 3.62. The van der Waals surface area contributed by atoms with E-state index in [9.17, 15) is 30.7 Å². The van der Waals surface area contributed by atoms with E-state index in [0.29, 0.717) is 0 Å². The van der Waals surface area contributed by atoms with Gasteiger partial charge in [-0.2, -0.15) is 22.0 Å². The van der Waals surface area contributed by atoms with Crippen LogP contribution in [0.5, 0.6) is 5.75 Å². The molecule has 0 saturated heterocycles. The predicted octanol–water partition coefficient (Wildman–Crippen LogP) is 5.65. The van der Waals surface area contributed by atoms with Gasteiger partial charge in [0.25, 0.3) is 0 Å². The minimum Gasteiger partial charge on any atom is -0.492 e. The first kappa shape index (κ1) is 24.5. The Morgan fingerprint density at radius 1 is 1.28 bits per heavy atom. The normalized spacial score (nSPS) is 15.5. The first-order valence-electron chi connectivity index (χ1n) is 7.58. The molecule has 0 bridgehead atoms. The Balaban J connectivity index is 2.60. The number of fused-ring (bicyclic) bond motifs is 1. The van der Waals surface area contributed by atoms with Crippen molar-refractivity contribution >= 4 is 54.7 Å². The minimum atomic E-state index is -5.89. The Kier molecular flexibility index (Phi) is 6.79. The van der Waals surface area contributed by atoms with Gasteiger partial charge in [0.05, 0.1) is 25.9 Å². The van der Waals surface area contributed by atoms with Crippen LogP contribution in [0.1, 0.15) is 17.7 Å². The maximum atomic E-state index is 14.2. The highest BCUT2D eigenvalue weighted by molar-refractivity contribution is 9.10. The molecule has 1 aromatic heterocycles. The summed E-state index contributed by atoms with van der Waals surface area (Å²) in [5.74, 6) is -0.208. The van der Waals surface area contributed by atoms with Gasteiger partial charge in [-0.05, 0) is 34.5 Å². The van der Waals surface area contributed by atoms with E-state index < -0.39 is 58.0 Å². The lowest BCUT2D eigenvalue weighted by atomic mass is 10.2. The van der Waals surface area contributed by atoms with E-state index in [1.54, 1.807) is 0 Å². The molecule has 2 aromatic rings. The first-order valence-corrected chi connectivity index (χ1v) is 12.8. The number of benzene rings is 1. The number of ether oxygens (including phenoxy) is 1. The summed E-state index contributed by atoms with van der Waals surface area (Å²) in [7, 11) is -9.25. The lowest BCUT2D eigenvalue weighted by Gasteiger charge is -2.16. The summed E-state index contributed by atoms with van der Waals surface area (Å²) in [4.78, 5) is 16.8. The quantitative estimate of drug-likeness (QED) is 0.237. The molecule has 1 unspecified atom stereocenters. The van der Waals surface area contributed by atoms with Crippen molar-refractivity contribution in [2.75, 3.05) is 12.9 Å². The fourth-order valence-corrected chi connectivity index (χ4v) is 5.88. The molecule has 2 rings (SSSR count). The van der Waals surface area contributed by atoms with Gasteiger partial charge in [0.1, 0.15) is 10.6 Å². The third-order valence-corrected chi connectivity index (χ3v) is 8.24. The SMILES string of the molecule is CS(=N)(=O)c1cc(OCCCC(F)(F)F)c2sc(C(F)(F)P(=O)(O)O)c(Br)c2c1. The molecule has 0 radical (unpaired) electrons. The van der Waals surface area contributed by atoms with Crippen LogP contribution in [0.4, 0.5) is 22.0 Å². The summed E-state index contributed by atoms with van der Waals surface area (Å²) in [5, 5.41) is -0.0525. The molecule has 1 atom stereocenters.